The third-order valence-corrected chi connectivity index (χ3v) is 3.45. The molecule has 0 heterocycles. The lowest BCUT2D eigenvalue weighted by Gasteiger charge is -2.30. The highest BCUT2D eigenvalue weighted by atomic mass is 14.7. The van der Waals surface area contributed by atoms with Crippen molar-refractivity contribution in [1.29, 1.82) is 0 Å². The zero-order valence-corrected chi connectivity index (χ0v) is 8.87. The van der Waals surface area contributed by atoms with Crippen LogP contribution in [0.4, 0.5) is 0 Å². The summed E-state index contributed by atoms with van der Waals surface area (Å²) >= 11 is 0. The average molecular weight is 190 g/mol. The average Bonchev–Trinajstić information content (AvgIpc) is 2.21. The van der Waals surface area contributed by atoms with Crippen LogP contribution in [0.1, 0.15) is 32.6 Å². The molecular weight excluding hydrogens is 172 g/mol. The van der Waals surface area contributed by atoms with E-state index in [2.05, 4.69) is 16.6 Å². The van der Waals surface area contributed by atoms with E-state index in [1.54, 1.807) is 0 Å². The fourth-order valence-corrected chi connectivity index (χ4v) is 2.58. The van der Waals surface area contributed by atoms with E-state index in [0.29, 0.717) is 30.8 Å². The van der Waals surface area contributed by atoms with Crippen LogP contribution in [0.2, 0.25) is 0 Å². The van der Waals surface area contributed by atoms with Gasteiger partial charge in [0.15, 0.2) is 0 Å². The molecule has 1 rings (SSSR count). The van der Waals surface area contributed by atoms with Crippen molar-refractivity contribution in [3.8, 4) is 0 Å². The van der Waals surface area contributed by atoms with Gasteiger partial charge in [-0.1, -0.05) is 13.3 Å². The summed E-state index contributed by atoms with van der Waals surface area (Å²) in [6.45, 7) is 17.4. The van der Waals surface area contributed by atoms with Gasteiger partial charge in [0.25, 0.3) is 0 Å². The first-order valence-corrected chi connectivity index (χ1v) is 5.48. The van der Waals surface area contributed by atoms with Crippen molar-refractivity contribution in [3.63, 3.8) is 0 Å². The minimum absolute atomic E-state index is 0.611. The van der Waals surface area contributed by atoms with Crippen LogP contribution in [0.15, 0.2) is 0 Å². The van der Waals surface area contributed by atoms with E-state index in [4.69, 9.17) is 13.1 Å². The van der Waals surface area contributed by atoms with Crippen molar-refractivity contribution < 1.29 is 0 Å². The van der Waals surface area contributed by atoms with Gasteiger partial charge in [0, 0.05) is 11.8 Å². The normalized spacial score (nSPS) is 31.8. The predicted molar refractivity (Wildman–Crippen MR) is 57.6 cm³/mol. The molecule has 1 aliphatic carbocycles. The summed E-state index contributed by atoms with van der Waals surface area (Å²) in [5.41, 5.74) is 0. The van der Waals surface area contributed by atoms with Crippen molar-refractivity contribution >= 4 is 0 Å². The summed E-state index contributed by atoms with van der Waals surface area (Å²) in [4.78, 5) is 7.01. The fraction of sp³-hybridized carbons (Fsp3) is 0.833. The van der Waals surface area contributed by atoms with Crippen LogP contribution in [0.5, 0.6) is 0 Å². The Hall–Kier alpha value is -1.02. The smallest absolute Gasteiger partial charge is 0.217 e. The van der Waals surface area contributed by atoms with Crippen LogP contribution in [0, 0.1) is 30.9 Å². The molecule has 0 aromatic carbocycles. The van der Waals surface area contributed by atoms with Crippen molar-refractivity contribution in [1.82, 2.24) is 0 Å². The quantitative estimate of drug-likeness (QED) is 0.604. The van der Waals surface area contributed by atoms with Crippen molar-refractivity contribution in [3.05, 3.63) is 22.8 Å². The third kappa shape index (κ3) is 2.74. The Balaban J connectivity index is 2.47. The number of rotatable bonds is 3. The minimum atomic E-state index is 0.611. The number of nitrogens with zero attached hydrogens (tertiary/aromatic N) is 2. The second kappa shape index (κ2) is 5.66. The Morgan fingerprint density at radius 2 is 1.79 bits per heavy atom. The summed E-state index contributed by atoms with van der Waals surface area (Å²) in [6, 6.07) is 0. The van der Waals surface area contributed by atoms with E-state index in [-0.39, 0.29) is 0 Å². The molecule has 2 nitrogen and oxygen atoms in total. The van der Waals surface area contributed by atoms with Gasteiger partial charge in [0.1, 0.15) is 0 Å². The maximum absolute atomic E-state index is 6.91. The highest BCUT2D eigenvalue weighted by Gasteiger charge is 2.32. The molecule has 3 atom stereocenters. The van der Waals surface area contributed by atoms with Crippen LogP contribution in [0.25, 0.3) is 9.69 Å². The third-order valence-electron chi connectivity index (χ3n) is 3.45. The first kappa shape index (κ1) is 11.1. The molecule has 0 aliphatic heterocycles. The molecule has 0 spiro atoms. The van der Waals surface area contributed by atoms with Gasteiger partial charge in [-0.25, -0.2) is 13.1 Å². The van der Waals surface area contributed by atoms with Gasteiger partial charge in [0.05, 0.1) is 0 Å². The Morgan fingerprint density at radius 3 is 2.36 bits per heavy atom. The molecule has 1 fully saturated rings. The van der Waals surface area contributed by atoms with E-state index in [0.717, 1.165) is 0 Å². The van der Waals surface area contributed by atoms with Crippen LogP contribution in [-0.2, 0) is 0 Å². The van der Waals surface area contributed by atoms with E-state index in [1.165, 1.54) is 25.7 Å². The highest BCUT2D eigenvalue weighted by Crippen LogP contribution is 2.36. The molecule has 14 heavy (non-hydrogen) atoms. The van der Waals surface area contributed by atoms with Gasteiger partial charge in [0.2, 0.25) is 13.1 Å². The lowest BCUT2D eigenvalue weighted by atomic mass is 9.73. The van der Waals surface area contributed by atoms with Crippen LogP contribution in [0.3, 0.4) is 0 Å². The molecule has 2 heteroatoms. The number of hydrogen-bond acceptors (Lipinski definition) is 0. The van der Waals surface area contributed by atoms with Gasteiger partial charge < -0.3 is 9.69 Å². The van der Waals surface area contributed by atoms with Crippen molar-refractivity contribution in [2.45, 2.75) is 32.6 Å². The maximum atomic E-state index is 6.91. The zero-order valence-electron chi connectivity index (χ0n) is 8.87. The summed E-state index contributed by atoms with van der Waals surface area (Å²) in [5.74, 6) is 1.92. The topological polar surface area (TPSA) is 8.72 Å². The van der Waals surface area contributed by atoms with Gasteiger partial charge in [-0.3, -0.25) is 0 Å². The van der Waals surface area contributed by atoms with Gasteiger partial charge in [-0.05, 0) is 25.2 Å². The molecule has 1 saturated carbocycles. The van der Waals surface area contributed by atoms with Gasteiger partial charge in [-0.2, -0.15) is 0 Å². The molecule has 0 aromatic rings. The second-order valence-electron chi connectivity index (χ2n) is 4.29. The molecule has 0 saturated heterocycles. The summed E-state index contributed by atoms with van der Waals surface area (Å²) in [6.07, 6.45) is 4.69. The van der Waals surface area contributed by atoms with E-state index in [1.807, 2.05) is 0 Å². The fourth-order valence-electron chi connectivity index (χ4n) is 2.58. The molecule has 1 aliphatic rings. The second-order valence-corrected chi connectivity index (χ2v) is 4.29. The molecule has 76 valence electrons. The first-order chi connectivity index (χ1) is 6.81. The highest BCUT2D eigenvalue weighted by molar-refractivity contribution is 4.86. The van der Waals surface area contributed by atoms with Gasteiger partial charge >= 0.3 is 0 Å². The molecule has 3 unspecified atom stereocenters. The van der Waals surface area contributed by atoms with Gasteiger partial charge in [-0.15, -0.1) is 0 Å². The Kier molecular flexibility index (Phi) is 4.47. The summed E-state index contributed by atoms with van der Waals surface area (Å²) in [7, 11) is 0. The zero-order chi connectivity index (χ0) is 10.4. The standard InChI is InChI=1S/C12H18N2/c1-4-11-7-10(8-13-2)5-6-12(11)9-14-3/h10-12H,4-9H2,1H3. The Bertz CT molecular complexity index is 246. The van der Waals surface area contributed by atoms with E-state index in [9.17, 15) is 0 Å². The lowest BCUT2D eigenvalue weighted by molar-refractivity contribution is 0.194. The van der Waals surface area contributed by atoms with E-state index >= 15 is 0 Å². The number of hydrogen-bond donors (Lipinski definition) is 0. The summed E-state index contributed by atoms with van der Waals surface area (Å²) < 4.78 is 0. The van der Waals surface area contributed by atoms with Crippen molar-refractivity contribution in [2.75, 3.05) is 13.1 Å². The molecule has 0 amide bonds. The predicted octanol–water partition coefficient (Wildman–Crippen LogP) is 3.27. The molecule has 0 aromatic heterocycles. The van der Waals surface area contributed by atoms with E-state index < -0.39 is 0 Å². The lowest BCUT2D eigenvalue weighted by Crippen LogP contribution is -2.27. The maximum Gasteiger partial charge on any atom is 0.217 e. The summed E-state index contributed by atoms with van der Waals surface area (Å²) in [5, 5.41) is 0. The van der Waals surface area contributed by atoms with Crippen LogP contribution >= 0.6 is 0 Å². The Labute approximate surface area is 87.0 Å². The monoisotopic (exact) mass is 190 g/mol. The molecule has 0 N–H and O–H groups in total. The Morgan fingerprint density at radius 1 is 1.07 bits per heavy atom. The largest absolute Gasteiger partial charge is 0.317 e. The molecular formula is C12H18N2. The molecule has 0 bridgehead atoms. The van der Waals surface area contributed by atoms with Crippen molar-refractivity contribution in [2.24, 2.45) is 17.8 Å². The molecule has 0 radical (unpaired) electrons. The SMILES string of the molecule is [C-]#[N+]CC1CCC(C[N+]#[C-])C(CC)C1. The first-order valence-electron chi connectivity index (χ1n) is 5.48. The van der Waals surface area contributed by atoms with Crippen LogP contribution < -0.4 is 0 Å². The minimum Gasteiger partial charge on any atom is -0.317 e. The van der Waals surface area contributed by atoms with Crippen LogP contribution in [-0.4, -0.2) is 13.1 Å².